The van der Waals surface area contributed by atoms with Gasteiger partial charge in [-0.25, -0.2) is 4.68 Å². The molecule has 2 N–H and O–H groups in total. The van der Waals surface area contributed by atoms with E-state index in [4.69, 9.17) is 4.74 Å². The van der Waals surface area contributed by atoms with Crippen molar-refractivity contribution in [3.63, 3.8) is 0 Å². The summed E-state index contributed by atoms with van der Waals surface area (Å²) in [4.78, 5) is 35.0. The fourth-order valence-electron chi connectivity index (χ4n) is 2.92. The molecule has 1 aliphatic rings. The van der Waals surface area contributed by atoms with Crippen molar-refractivity contribution in [1.29, 1.82) is 0 Å². The van der Waals surface area contributed by atoms with Crippen molar-refractivity contribution in [3.05, 3.63) is 39.6 Å². The third-order valence-electron chi connectivity index (χ3n) is 4.47. The van der Waals surface area contributed by atoms with E-state index in [0.717, 1.165) is 10.9 Å². The first-order chi connectivity index (χ1) is 14.3. The van der Waals surface area contributed by atoms with E-state index in [9.17, 15) is 34.6 Å². The summed E-state index contributed by atoms with van der Waals surface area (Å²) in [6.07, 6.45) is 0.890. The molecule has 2 aromatic rings. The van der Waals surface area contributed by atoms with E-state index in [0.29, 0.717) is 12.7 Å². The first-order valence-corrected chi connectivity index (χ1v) is 8.81. The van der Waals surface area contributed by atoms with E-state index < -0.39 is 34.1 Å². The van der Waals surface area contributed by atoms with Gasteiger partial charge in [-0.15, -0.1) is 0 Å². The van der Waals surface area contributed by atoms with Gasteiger partial charge in [0.05, 0.1) is 5.21 Å². The predicted molar refractivity (Wildman–Crippen MR) is 97.7 cm³/mol. The number of nitro groups is 1. The van der Waals surface area contributed by atoms with Crippen molar-refractivity contribution in [2.45, 2.75) is 25.4 Å². The van der Waals surface area contributed by atoms with Crippen LogP contribution in [0.3, 0.4) is 0 Å². The Morgan fingerprint density at radius 2 is 2.10 bits per heavy atom. The molecule has 2 heterocycles. The quantitative estimate of drug-likeness (QED) is 0.318. The van der Waals surface area contributed by atoms with E-state index in [-0.39, 0.29) is 44.0 Å². The molecule has 3 rings (SSSR count). The molecule has 0 unspecified atom stereocenters. The molecule has 0 radical (unpaired) electrons. The number of aryl methyl sites for hydroxylation is 1. The summed E-state index contributed by atoms with van der Waals surface area (Å²) in [7, 11) is 0.668. The number of amides is 1. The molecule has 0 spiro atoms. The topological polar surface area (TPSA) is 178 Å². The standard InChI is InChI=1S/C16H16BN5O8/c23-13(8-21-7-12(18-19-21)22(28)29)20-5-10(6-20)30-11-2-1-9(3-4-17-27)15(24)14(11)16(25)26/h1-2,7,10,24H,3-6,8H2,(H,25,26). The molecule has 0 atom stereocenters. The second-order valence-corrected chi connectivity index (χ2v) is 6.53. The number of rotatable bonds is 9. The Balaban J connectivity index is 1.60. The molecule has 1 fully saturated rings. The van der Waals surface area contributed by atoms with Crippen LogP contribution < -0.4 is 4.74 Å². The van der Waals surface area contributed by atoms with Crippen LogP contribution in [0.4, 0.5) is 5.82 Å². The second kappa shape index (κ2) is 8.67. The van der Waals surface area contributed by atoms with E-state index in [1.54, 1.807) is 0 Å². The van der Waals surface area contributed by atoms with Crippen LogP contribution in [0, 0.1) is 10.1 Å². The Morgan fingerprint density at radius 3 is 2.70 bits per heavy atom. The number of carboxylic acids is 1. The molecule has 0 aliphatic carbocycles. The van der Waals surface area contributed by atoms with Crippen molar-refractivity contribution >= 4 is 24.8 Å². The van der Waals surface area contributed by atoms with E-state index >= 15 is 0 Å². The summed E-state index contributed by atoms with van der Waals surface area (Å²) in [5, 5.41) is 37.0. The summed E-state index contributed by atoms with van der Waals surface area (Å²) < 4.78 is 17.2. The average Bonchev–Trinajstić information content (AvgIpc) is 3.11. The Morgan fingerprint density at radius 1 is 1.37 bits per heavy atom. The minimum absolute atomic E-state index is 0.0427. The number of aromatic hydroxyl groups is 1. The number of phenols is 1. The van der Waals surface area contributed by atoms with Crippen molar-refractivity contribution < 1.29 is 34.2 Å². The first kappa shape index (κ1) is 20.9. The molecular formula is C16H16BN5O8. The zero-order chi connectivity index (χ0) is 21.8. The maximum absolute atomic E-state index is 12.2. The molecule has 13 nitrogen and oxygen atoms in total. The van der Waals surface area contributed by atoms with Gasteiger partial charge in [-0.1, -0.05) is 0 Å². The number of ether oxygens (including phenoxy) is 1. The summed E-state index contributed by atoms with van der Waals surface area (Å²) in [5.74, 6) is -2.71. The average molecular weight is 417 g/mol. The fraction of sp³-hybridized carbons (Fsp3) is 0.375. The van der Waals surface area contributed by atoms with Crippen LogP contribution in [0.15, 0.2) is 18.3 Å². The van der Waals surface area contributed by atoms with Gasteiger partial charge in [0.1, 0.15) is 11.3 Å². The second-order valence-electron chi connectivity index (χ2n) is 6.53. The molecule has 1 amide bonds. The van der Waals surface area contributed by atoms with Crippen LogP contribution >= 0.6 is 0 Å². The summed E-state index contributed by atoms with van der Waals surface area (Å²) >= 11 is 0. The fourth-order valence-corrected chi connectivity index (χ4v) is 2.92. The number of aromatic nitrogens is 3. The number of nitrogens with zero attached hydrogens (tertiary/aromatic N) is 5. The molecule has 14 heteroatoms. The van der Waals surface area contributed by atoms with Crippen molar-refractivity contribution in [2.75, 3.05) is 13.1 Å². The number of hydrogen-bond donors (Lipinski definition) is 2. The number of carbonyl (C=O) groups excluding carboxylic acids is 1. The van der Waals surface area contributed by atoms with Crippen molar-refractivity contribution in [1.82, 2.24) is 19.9 Å². The minimum atomic E-state index is -1.38. The van der Waals surface area contributed by atoms with Crippen LogP contribution in [0.1, 0.15) is 15.9 Å². The molecule has 0 saturated carbocycles. The van der Waals surface area contributed by atoms with Gasteiger partial charge in [-0.3, -0.25) is 0 Å². The third kappa shape index (κ3) is 4.42. The molecule has 156 valence electrons. The van der Waals surface area contributed by atoms with Gasteiger partial charge >= 0.3 is 132 Å². The predicted octanol–water partition coefficient (Wildman–Crippen LogP) is -0.110. The Bertz CT molecular complexity index is 1000. The number of hydrogen-bond acceptors (Lipinski definition) is 9. The summed E-state index contributed by atoms with van der Waals surface area (Å²) in [6, 6.07) is 2.89. The van der Waals surface area contributed by atoms with Crippen LogP contribution in [-0.2, 0) is 22.5 Å². The molecule has 1 saturated heterocycles. The molecule has 1 aromatic heterocycles. The normalized spacial score (nSPS) is 13.4. The molecule has 30 heavy (non-hydrogen) atoms. The van der Waals surface area contributed by atoms with Crippen molar-refractivity contribution in [2.24, 2.45) is 0 Å². The van der Waals surface area contributed by atoms with Crippen LogP contribution in [0.25, 0.3) is 0 Å². The zero-order valence-corrected chi connectivity index (χ0v) is 15.5. The van der Waals surface area contributed by atoms with Crippen LogP contribution in [0.2, 0.25) is 6.32 Å². The number of carboxylic acid groups (broad SMARTS) is 1. The van der Waals surface area contributed by atoms with Gasteiger partial charge in [0.2, 0.25) is 0 Å². The molecule has 1 aliphatic heterocycles. The van der Waals surface area contributed by atoms with Crippen LogP contribution in [-0.4, -0.2) is 73.3 Å². The van der Waals surface area contributed by atoms with E-state index in [1.165, 1.54) is 17.0 Å². The first-order valence-electron chi connectivity index (χ1n) is 8.81. The Labute approximate surface area is 169 Å². The van der Waals surface area contributed by atoms with E-state index in [2.05, 4.69) is 10.3 Å². The number of carbonyl (C=O) groups is 2. The monoisotopic (exact) mass is 417 g/mol. The van der Waals surface area contributed by atoms with Gasteiger partial charge < -0.3 is 10.1 Å². The summed E-state index contributed by atoms with van der Waals surface area (Å²) in [5.41, 5.74) is -0.0858. The Hall–Kier alpha value is -3.84. The number of benzene rings is 1. The van der Waals surface area contributed by atoms with Gasteiger partial charge in [0, 0.05) is 0 Å². The zero-order valence-electron chi connectivity index (χ0n) is 15.5. The van der Waals surface area contributed by atoms with Crippen LogP contribution in [0.5, 0.6) is 11.5 Å². The van der Waals surface area contributed by atoms with E-state index in [1.807, 2.05) is 0 Å². The van der Waals surface area contributed by atoms with Gasteiger partial charge in [0.15, 0.2) is 0 Å². The van der Waals surface area contributed by atoms with Gasteiger partial charge in [-0.2, -0.15) is 0 Å². The molecular weight excluding hydrogens is 401 g/mol. The maximum atomic E-state index is 12.2. The molecule has 1 aromatic carbocycles. The van der Waals surface area contributed by atoms with Gasteiger partial charge in [0.25, 0.3) is 0 Å². The SMILES string of the molecule is O=BCCc1ccc(OC2CN(C(=O)Cn3cc([N+](=O)[O-])nn3)C2)c(C(=O)O)c1O. The number of aromatic carboxylic acids is 1. The van der Waals surface area contributed by atoms with Crippen molar-refractivity contribution in [3.8, 4) is 11.5 Å². The third-order valence-corrected chi connectivity index (χ3v) is 4.47. The molecule has 0 bridgehead atoms. The Kier molecular flexibility index (Phi) is 6.04. The van der Waals surface area contributed by atoms with Gasteiger partial charge in [-0.05, 0) is 4.92 Å². The summed E-state index contributed by atoms with van der Waals surface area (Å²) in [6.45, 7) is 0.102. The number of likely N-dealkylation sites (tertiary alicyclic amines) is 1.